The van der Waals surface area contributed by atoms with Crippen LogP contribution >= 0.6 is 23.4 Å². The van der Waals surface area contributed by atoms with E-state index in [0.29, 0.717) is 10.8 Å². The van der Waals surface area contributed by atoms with Gasteiger partial charge in [-0.25, -0.2) is 4.39 Å². The van der Waals surface area contributed by atoms with Gasteiger partial charge in [-0.15, -0.1) is 11.8 Å². The lowest BCUT2D eigenvalue weighted by molar-refractivity contribution is -0.136. The largest absolute Gasteiger partial charge is 0.480 e. The summed E-state index contributed by atoms with van der Waals surface area (Å²) < 4.78 is 12.7. The molecule has 5 heteroatoms. The van der Waals surface area contributed by atoms with Gasteiger partial charge in [0.1, 0.15) is 5.82 Å². The molecule has 0 aliphatic rings. The molecule has 0 heterocycles. The molecular formula is C10H10ClFO2S. The summed E-state index contributed by atoms with van der Waals surface area (Å²) in [6, 6.07) is 4.11. The highest BCUT2D eigenvalue weighted by Gasteiger charge is 2.12. The monoisotopic (exact) mass is 248 g/mol. The van der Waals surface area contributed by atoms with Gasteiger partial charge >= 0.3 is 5.97 Å². The summed E-state index contributed by atoms with van der Waals surface area (Å²) in [5.41, 5.74) is 0.746. The van der Waals surface area contributed by atoms with Gasteiger partial charge < -0.3 is 5.11 Å². The van der Waals surface area contributed by atoms with E-state index >= 15 is 0 Å². The zero-order chi connectivity index (χ0) is 11.4. The summed E-state index contributed by atoms with van der Waals surface area (Å²) in [5.74, 6) is -0.787. The summed E-state index contributed by atoms with van der Waals surface area (Å²) in [6.07, 6.45) is 0. The highest BCUT2D eigenvalue weighted by Crippen LogP contribution is 2.24. The van der Waals surface area contributed by atoms with E-state index in [1.807, 2.05) is 0 Å². The van der Waals surface area contributed by atoms with Crippen molar-refractivity contribution in [3.63, 3.8) is 0 Å². The van der Waals surface area contributed by atoms with Gasteiger partial charge in [-0.3, -0.25) is 4.79 Å². The molecule has 1 aromatic carbocycles. The van der Waals surface area contributed by atoms with Crippen LogP contribution in [0.4, 0.5) is 4.39 Å². The van der Waals surface area contributed by atoms with Crippen LogP contribution in [0.1, 0.15) is 12.5 Å². The van der Waals surface area contributed by atoms with Crippen LogP contribution in [0.5, 0.6) is 0 Å². The molecule has 0 saturated heterocycles. The van der Waals surface area contributed by atoms with Gasteiger partial charge in [0.2, 0.25) is 0 Å². The van der Waals surface area contributed by atoms with Crippen LogP contribution in [0, 0.1) is 5.82 Å². The molecule has 0 amide bonds. The minimum atomic E-state index is -0.863. The van der Waals surface area contributed by atoms with Crippen molar-refractivity contribution in [3.05, 3.63) is 34.6 Å². The number of carboxylic acid groups (broad SMARTS) is 1. The number of thioether (sulfide) groups is 1. The number of benzene rings is 1. The Hall–Kier alpha value is -0.740. The van der Waals surface area contributed by atoms with E-state index in [2.05, 4.69) is 0 Å². The molecule has 15 heavy (non-hydrogen) atoms. The number of hydrogen-bond acceptors (Lipinski definition) is 2. The first kappa shape index (κ1) is 12.3. The Balaban J connectivity index is 2.62. The van der Waals surface area contributed by atoms with Gasteiger partial charge in [-0.2, -0.15) is 0 Å². The highest BCUT2D eigenvalue weighted by molar-refractivity contribution is 7.99. The topological polar surface area (TPSA) is 37.3 Å². The van der Waals surface area contributed by atoms with E-state index in [9.17, 15) is 9.18 Å². The maximum Gasteiger partial charge on any atom is 0.316 e. The van der Waals surface area contributed by atoms with Crippen molar-refractivity contribution in [1.82, 2.24) is 0 Å². The first-order valence-electron chi connectivity index (χ1n) is 4.29. The Bertz CT molecular complexity index is 370. The van der Waals surface area contributed by atoms with Crippen molar-refractivity contribution in [3.8, 4) is 0 Å². The second-order valence-electron chi connectivity index (χ2n) is 3.03. The first-order valence-corrected chi connectivity index (χ1v) is 5.71. The number of hydrogen-bond donors (Lipinski definition) is 1. The second kappa shape index (κ2) is 5.37. The summed E-state index contributed by atoms with van der Waals surface area (Å²) in [6.45, 7) is 1.60. The smallest absolute Gasteiger partial charge is 0.316 e. The van der Waals surface area contributed by atoms with Gasteiger partial charge in [-0.1, -0.05) is 17.7 Å². The summed E-state index contributed by atoms with van der Waals surface area (Å²) in [4.78, 5) is 10.5. The molecule has 0 radical (unpaired) electrons. The fourth-order valence-corrected chi connectivity index (χ4v) is 2.06. The molecule has 82 valence electrons. The molecule has 0 saturated carbocycles. The Morgan fingerprint density at radius 2 is 2.33 bits per heavy atom. The quantitative estimate of drug-likeness (QED) is 0.889. The Morgan fingerprint density at radius 3 is 2.87 bits per heavy atom. The van der Waals surface area contributed by atoms with Crippen LogP contribution < -0.4 is 0 Å². The maximum absolute atomic E-state index is 12.7. The third-order valence-corrected chi connectivity index (χ3v) is 3.38. The van der Waals surface area contributed by atoms with E-state index in [-0.39, 0.29) is 5.82 Å². The number of halogens is 2. The first-order chi connectivity index (χ1) is 7.00. The number of rotatable bonds is 4. The maximum atomic E-state index is 12.7. The fraction of sp³-hybridized carbons (Fsp3) is 0.300. The lowest BCUT2D eigenvalue weighted by Gasteiger charge is -2.07. The molecule has 0 fully saturated rings. The number of carboxylic acids is 1. The van der Waals surface area contributed by atoms with Crippen molar-refractivity contribution in [1.29, 1.82) is 0 Å². The Kier molecular flexibility index (Phi) is 4.42. The molecule has 1 rings (SSSR count). The fourth-order valence-electron chi connectivity index (χ4n) is 0.925. The third kappa shape index (κ3) is 3.72. The van der Waals surface area contributed by atoms with E-state index < -0.39 is 11.2 Å². The van der Waals surface area contributed by atoms with Crippen molar-refractivity contribution >= 4 is 29.3 Å². The Labute approximate surface area is 96.4 Å². The lowest BCUT2D eigenvalue weighted by Crippen LogP contribution is -2.11. The molecule has 0 aliphatic heterocycles. The third-order valence-electron chi connectivity index (χ3n) is 1.85. The standard InChI is InChI=1S/C10H10ClFO2S/c1-6(10(13)14)15-5-7-2-3-8(12)4-9(7)11/h2-4,6H,5H2,1H3,(H,13,14). The molecule has 1 unspecified atom stereocenters. The van der Waals surface area contributed by atoms with Gasteiger partial charge in [0, 0.05) is 10.8 Å². The van der Waals surface area contributed by atoms with Crippen LogP contribution in [0.25, 0.3) is 0 Å². The van der Waals surface area contributed by atoms with Crippen LogP contribution in [-0.2, 0) is 10.5 Å². The van der Waals surface area contributed by atoms with E-state index in [1.165, 1.54) is 23.9 Å². The second-order valence-corrected chi connectivity index (χ2v) is 4.76. The molecule has 0 aromatic heterocycles. The van der Waals surface area contributed by atoms with Crippen LogP contribution in [0.2, 0.25) is 5.02 Å². The Morgan fingerprint density at radius 1 is 1.67 bits per heavy atom. The average molecular weight is 249 g/mol. The highest BCUT2D eigenvalue weighted by atomic mass is 35.5. The normalized spacial score (nSPS) is 12.5. The van der Waals surface area contributed by atoms with Crippen molar-refractivity contribution in [2.75, 3.05) is 0 Å². The molecule has 0 bridgehead atoms. The molecule has 0 aliphatic carbocycles. The minimum absolute atomic E-state index is 0.333. The van der Waals surface area contributed by atoms with E-state index in [4.69, 9.17) is 16.7 Å². The average Bonchev–Trinajstić information content (AvgIpc) is 2.15. The zero-order valence-electron chi connectivity index (χ0n) is 8.04. The molecular weight excluding hydrogens is 239 g/mol. The number of carbonyl (C=O) groups is 1. The molecule has 1 N–H and O–H groups in total. The molecule has 0 spiro atoms. The van der Waals surface area contributed by atoms with Gasteiger partial charge in [-0.05, 0) is 24.6 Å². The lowest BCUT2D eigenvalue weighted by atomic mass is 10.2. The van der Waals surface area contributed by atoms with Gasteiger partial charge in [0.05, 0.1) is 5.25 Å². The van der Waals surface area contributed by atoms with Crippen molar-refractivity contribution in [2.45, 2.75) is 17.9 Å². The summed E-state index contributed by atoms with van der Waals surface area (Å²) >= 11 is 7.04. The van der Waals surface area contributed by atoms with Crippen LogP contribution in [-0.4, -0.2) is 16.3 Å². The van der Waals surface area contributed by atoms with Crippen molar-refractivity contribution in [2.24, 2.45) is 0 Å². The number of aliphatic carboxylic acids is 1. The zero-order valence-corrected chi connectivity index (χ0v) is 9.61. The van der Waals surface area contributed by atoms with Crippen LogP contribution in [0.15, 0.2) is 18.2 Å². The van der Waals surface area contributed by atoms with Gasteiger partial charge in [0.25, 0.3) is 0 Å². The van der Waals surface area contributed by atoms with Crippen molar-refractivity contribution < 1.29 is 14.3 Å². The SMILES string of the molecule is CC(SCc1ccc(F)cc1Cl)C(=O)O. The molecule has 1 aromatic rings. The van der Waals surface area contributed by atoms with E-state index in [0.717, 1.165) is 5.56 Å². The molecule has 2 nitrogen and oxygen atoms in total. The summed E-state index contributed by atoms with van der Waals surface area (Å²) in [7, 11) is 0. The van der Waals surface area contributed by atoms with Gasteiger partial charge in [0.15, 0.2) is 0 Å². The van der Waals surface area contributed by atoms with Crippen LogP contribution in [0.3, 0.4) is 0 Å². The predicted molar refractivity (Wildman–Crippen MR) is 59.8 cm³/mol. The summed E-state index contributed by atoms with van der Waals surface area (Å²) in [5, 5.41) is 8.50. The molecule has 1 atom stereocenters. The predicted octanol–water partition coefficient (Wildman–Crippen LogP) is 3.19. The minimum Gasteiger partial charge on any atom is -0.480 e. The van der Waals surface area contributed by atoms with E-state index in [1.54, 1.807) is 13.0 Å².